The summed E-state index contributed by atoms with van der Waals surface area (Å²) in [6.45, 7) is 5.62. The first-order valence-corrected chi connectivity index (χ1v) is 7.82. The van der Waals surface area contributed by atoms with Crippen LogP contribution in [0.3, 0.4) is 0 Å². The minimum absolute atomic E-state index is 0.282. The summed E-state index contributed by atoms with van der Waals surface area (Å²) < 4.78 is 20.5. The molecule has 2 rings (SSSR count). The zero-order valence-electron chi connectivity index (χ0n) is 12.2. The summed E-state index contributed by atoms with van der Waals surface area (Å²) in [6.07, 6.45) is 1.05. The van der Waals surface area contributed by atoms with E-state index in [9.17, 15) is 4.39 Å². The van der Waals surface area contributed by atoms with Gasteiger partial charge in [0.25, 0.3) is 0 Å². The first-order chi connectivity index (χ1) is 10.1. The Morgan fingerprint density at radius 2 is 2.00 bits per heavy atom. The number of aryl methyl sites for hydroxylation is 1. The van der Waals surface area contributed by atoms with Crippen LogP contribution >= 0.6 is 15.9 Å². The van der Waals surface area contributed by atoms with Gasteiger partial charge in [-0.05, 0) is 61.3 Å². The van der Waals surface area contributed by atoms with E-state index in [-0.39, 0.29) is 5.82 Å². The average Bonchev–Trinajstić information content (AvgIpc) is 2.42. The zero-order valence-corrected chi connectivity index (χ0v) is 13.8. The molecule has 0 amide bonds. The minimum atomic E-state index is -0.282. The number of hydrogen-bond donors (Lipinski definition) is 1. The van der Waals surface area contributed by atoms with E-state index in [1.54, 1.807) is 0 Å². The Balaban J connectivity index is 2.15. The van der Waals surface area contributed by atoms with E-state index in [4.69, 9.17) is 4.74 Å². The van der Waals surface area contributed by atoms with E-state index in [1.807, 2.05) is 31.2 Å². The van der Waals surface area contributed by atoms with Gasteiger partial charge in [0.15, 0.2) is 0 Å². The second kappa shape index (κ2) is 7.57. The second-order valence-corrected chi connectivity index (χ2v) is 5.90. The van der Waals surface area contributed by atoms with E-state index in [0.717, 1.165) is 34.3 Å². The van der Waals surface area contributed by atoms with Crippen LogP contribution in [-0.4, -0.2) is 6.54 Å². The summed E-state index contributed by atoms with van der Waals surface area (Å²) in [5.74, 6) is 0.973. The van der Waals surface area contributed by atoms with Crippen LogP contribution in [0.4, 0.5) is 4.39 Å². The van der Waals surface area contributed by atoms with E-state index >= 15 is 0 Å². The summed E-state index contributed by atoms with van der Waals surface area (Å²) in [7, 11) is 0. The van der Waals surface area contributed by atoms with Gasteiger partial charge in [0, 0.05) is 17.1 Å². The quantitative estimate of drug-likeness (QED) is 0.723. The Morgan fingerprint density at radius 1 is 1.19 bits per heavy atom. The van der Waals surface area contributed by atoms with Gasteiger partial charge in [-0.15, -0.1) is 0 Å². The molecule has 0 saturated carbocycles. The molecule has 0 saturated heterocycles. The number of ether oxygens (including phenoxy) is 1. The summed E-state index contributed by atoms with van der Waals surface area (Å²) >= 11 is 3.42. The molecule has 0 aliphatic rings. The first-order valence-electron chi connectivity index (χ1n) is 7.02. The smallest absolute Gasteiger partial charge is 0.130 e. The number of nitrogens with one attached hydrogen (secondary N) is 1. The van der Waals surface area contributed by atoms with Gasteiger partial charge >= 0.3 is 0 Å². The summed E-state index contributed by atoms with van der Waals surface area (Å²) in [4.78, 5) is 0. The molecule has 1 N–H and O–H groups in total. The van der Waals surface area contributed by atoms with Crippen LogP contribution in [0.5, 0.6) is 11.5 Å². The van der Waals surface area contributed by atoms with Crippen LogP contribution in [0.2, 0.25) is 0 Å². The van der Waals surface area contributed by atoms with Gasteiger partial charge in [-0.2, -0.15) is 0 Å². The van der Waals surface area contributed by atoms with Crippen LogP contribution in [0.25, 0.3) is 0 Å². The number of rotatable bonds is 6. The largest absolute Gasteiger partial charge is 0.457 e. The van der Waals surface area contributed by atoms with Crippen molar-refractivity contribution in [1.29, 1.82) is 0 Å². The predicted octanol–water partition coefficient (Wildman–Crippen LogP) is 5.19. The maximum absolute atomic E-state index is 13.7. The molecule has 4 heteroatoms. The Kier molecular flexibility index (Phi) is 5.76. The Morgan fingerprint density at radius 3 is 2.71 bits per heavy atom. The Hall–Kier alpha value is -1.39. The Bertz CT molecular complexity index is 616. The fraction of sp³-hybridized carbons (Fsp3) is 0.294. The molecule has 112 valence electrons. The van der Waals surface area contributed by atoms with Crippen molar-refractivity contribution in [2.45, 2.75) is 26.8 Å². The molecule has 0 aliphatic carbocycles. The van der Waals surface area contributed by atoms with Crippen molar-refractivity contribution in [2.24, 2.45) is 0 Å². The number of halogens is 2. The van der Waals surface area contributed by atoms with Gasteiger partial charge in [-0.3, -0.25) is 0 Å². The van der Waals surface area contributed by atoms with Crippen molar-refractivity contribution in [1.82, 2.24) is 5.32 Å². The number of hydrogen-bond acceptors (Lipinski definition) is 2. The normalized spacial score (nSPS) is 10.7. The van der Waals surface area contributed by atoms with Gasteiger partial charge in [0.05, 0.1) is 0 Å². The second-order valence-electron chi connectivity index (χ2n) is 4.98. The summed E-state index contributed by atoms with van der Waals surface area (Å²) in [6, 6.07) is 10.6. The lowest BCUT2D eigenvalue weighted by Gasteiger charge is -2.11. The van der Waals surface area contributed by atoms with Gasteiger partial charge in [-0.25, -0.2) is 4.39 Å². The van der Waals surface area contributed by atoms with Crippen molar-refractivity contribution < 1.29 is 9.13 Å². The third-order valence-electron chi connectivity index (χ3n) is 3.05. The van der Waals surface area contributed by atoms with E-state index in [1.165, 1.54) is 12.1 Å². The molecule has 0 heterocycles. The molecule has 0 spiro atoms. The highest BCUT2D eigenvalue weighted by Crippen LogP contribution is 2.28. The Labute approximate surface area is 133 Å². The van der Waals surface area contributed by atoms with E-state index < -0.39 is 0 Å². The van der Waals surface area contributed by atoms with Crippen molar-refractivity contribution in [2.75, 3.05) is 6.54 Å². The lowest BCUT2D eigenvalue weighted by molar-refractivity contribution is 0.471. The van der Waals surface area contributed by atoms with Crippen LogP contribution < -0.4 is 10.1 Å². The maximum Gasteiger partial charge on any atom is 0.130 e. The first kappa shape index (κ1) is 16.0. The standard InChI is InChI=1S/C17H19BrFNO/c1-3-6-20-11-13-8-15(19)10-16(9-13)21-17-5-4-14(18)7-12(17)2/h4-5,7-10,20H,3,6,11H2,1-2H3. The monoisotopic (exact) mass is 351 g/mol. The molecule has 2 nitrogen and oxygen atoms in total. The van der Waals surface area contributed by atoms with Gasteiger partial charge in [0.2, 0.25) is 0 Å². The molecule has 0 unspecified atom stereocenters. The highest BCUT2D eigenvalue weighted by Gasteiger charge is 2.06. The molecule has 21 heavy (non-hydrogen) atoms. The van der Waals surface area contributed by atoms with Crippen LogP contribution in [0.1, 0.15) is 24.5 Å². The fourth-order valence-electron chi connectivity index (χ4n) is 2.05. The molecule has 0 aromatic heterocycles. The van der Waals surface area contributed by atoms with Crippen molar-refractivity contribution in [3.05, 3.63) is 57.8 Å². The molecule has 0 bridgehead atoms. The van der Waals surface area contributed by atoms with Crippen molar-refractivity contribution >= 4 is 15.9 Å². The minimum Gasteiger partial charge on any atom is -0.457 e. The molecule has 0 radical (unpaired) electrons. The lowest BCUT2D eigenvalue weighted by atomic mass is 10.2. The highest BCUT2D eigenvalue weighted by molar-refractivity contribution is 9.10. The van der Waals surface area contributed by atoms with Crippen LogP contribution in [0, 0.1) is 12.7 Å². The van der Waals surface area contributed by atoms with Gasteiger partial charge < -0.3 is 10.1 Å². The SMILES string of the molecule is CCCNCc1cc(F)cc(Oc2ccc(Br)cc2C)c1. The molecular weight excluding hydrogens is 333 g/mol. The average molecular weight is 352 g/mol. The fourth-order valence-corrected chi connectivity index (χ4v) is 2.52. The van der Waals surface area contributed by atoms with Gasteiger partial charge in [-0.1, -0.05) is 22.9 Å². The predicted molar refractivity (Wildman–Crippen MR) is 87.4 cm³/mol. The number of benzene rings is 2. The molecule has 0 atom stereocenters. The molecule has 0 aliphatic heterocycles. The maximum atomic E-state index is 13.7. The van der Waals surface area contributed by atoms with E-state index in [0.29, 0.717) is 12.3 Å². The van der Waals surface area contributed by atoms with E-state index in [2.05, 4.69) is 28.2 Å². The molecule has 2 aromatic rings. The zero-order chi connectivity index (χ0) is 15.2. The lowest BCUT2D eigenvalue weighted by Crippen LogP contribution is -2.13. The molecular formula is C17H19BrFNO. The topological polar surface area (TPSA) is 21.3 Å². The molecule has 2 aromatic carbocycles. The van der Waals surface area contributed by atoms with Crippen LogP contribution in [0.15, 0.2) is 40.9 Å². The third kappa shape index (κ3) is 4.83. The van der Waals surface area contributed by atoms with Crippen LogP contribution in [-0.2, 0) is 6.54 Å². The van der Waals surface area contributed by atoms with Crippen molar-refractivity contribution in [3.8, 4) is 11.5 Å². The summed E-state index contributed by atoms with van der Waals surface area (Å²) in [5.41, 5.74) is 1.88. The van der Waals surface area contributed by atoms with Gasteiger partial charge in [0.1, 0.15) is 17.3 Å². The third-order valence-corrected chi connectivity index (χ3v) is 3.55. The highest BCUT2D eigenvalue weighted by atomic mass is 79.9. The van der Waals surface area contributed by atoms with Crippen molar-refractivity contribution in [3.63, 3.8) is 0 Å². The molecule has 0 fully saturated rings. The summed E-state index contributed by atoms with van der Waals surface area (Å²) in [5, 5.41) is 3.26.